The van der Waals surface area contributed by atoms with Gasteiger partial charge in [0, 0.05) is 23.2 Å². The van der Waals surface area contributed by atoms with Crippen molar-refractivity contribution in [2.24, 2.45) is 0 Å². The number of hydrogen-bond donors (Lipinski definition) is 3. The molecule has 1 aliphatic heterocycles. The van der Waals surface area contributed by atoms with Gasteiger partial charge in [-0.15, -0.1) is 11.3 Å². The van der Waals surface area contributed by atoms with Gasteiger partial charge in [-0.3, -0.25) is 4.72 Å². The van der Waals surface area contributed by atoms with Gasteiger partial charge in [0.2, 0.25) is 16.0 Å². The fourth-order valence-corrected chi connectivity index (χ4v) is 6.22. The monoisotopic (exact) mass is 532 g/mol. The number of aromatic nitrogens is 3. The van der Waals surface area contributed by atoms with Crippen LogP contribution in [-0.4, -0.2) is 48.3 Å². The van der Waals surface area contributed by atoms with Gasteiger partial charge in [0.1, 0.15) is 0 Å². The maximum Gasteiger partial charge on any atom is 0.232 e. The van der Waals surface area contributed by atoms with Crippen molar-refractivity contribution in [2.75, 3.05) is 28.9 Å². The highest BCUT2D eigenvalue weighted by Crippen LogP contribution is 2.42. The predicted molar refractivity (Wildman–Crippen MR) is 144 cm³/mol. The third-order valence-corrected chi connectivity index (χ3v) is 8.80. The number of anilines is 2. The summed E-state index contributed by atoms with van der Waals surface area (Å²) in [6, 6.07) is 6.76. The summed E-state index contributed by atoms with van der Waals surface area (Å²) in [5.74, 6) is -0.218. The lowest BCUT2D eigenvalue weighted by molar-refractivity contribution is 0.477. The minimum Gasteiger partial charge on any atom is -0.351 e. The SMILES string of the molecule is CCCS(=O)(=O)Nc1cccc(-c2nc(C(C)(C)C)sc2-c2ccnc(NC3CCNCC3)n2)c1F. The summed E-state index contributed by atoms with van der Waals surface area (Å²) in [5, 5.41) is 7.59. The van der Waals surface area contributed by atoms with Gasteiger partial charge in [-0.05, 0) is 50.6 Å². The van der Waals surface area contributed by atoms with Crippen LogP contribution in [-0.2, 0) is 15.4 Å². The third-order valence-electron chi connectivity index (χ3n) is 5.82. The van der Waals surface area contributed by atoms with E-state index in [2.05, 4.69) is 41.1 Å². The Morgan fingerprint density at radius 3 is 2.61 bits per heavy atom. The molecular formula is C25H33FN6O2S2. The number of piperidine rings is 1. The van der Waals surface area contributed by atoms with Crippen LogP contribution in [0.4, 0.5) is 16.0 Å². The average molecular weight is 533 g/mol. The minimum atomic E-state index is -3.65. The summed E-state index contributed by atoms with van der Waals surface area (Å²) in [6.07, 6.45) is 4.10. The molecule has 2 aromatic heterocycles. The van der Waals surface area contributed by atoms with Crippen LogP contribution in [0.15, 0.2) is 30.5 Å². The van der Waals surface area contributed by atoms with E-state index < -0.39 is 15.8 Å². The second-order valence-corrected chi connectivity index (χ2v) is 12.8. The highest BCUT2D eigenvalue weighted by Gasteiger charge is 2.26. The molecule has 0 bridgehead atoms. The molecule has 8 nitrogen and oxygen atoms in total. The molecule has 0 atom stereocenters. The molecule has 36 heavy (non-hydrogen) atoms. The molecule has 4 rings (SSSR count). The molecule has 0 spiro atoms. The van der Waals surface area contributed by atoms with E-state index in [0.29, 0.717) is 28.6 Å². The molecule has 0 saturated carbocycles. The lowest BCUT2D eigenvalue weighted by Crippen LogP contribution is -2.35. The van der Waals surface area contributed by atoms with Gasteiger partial charge in [0.15, 0.2) is 5.82 Å². The predicted octanol–water partition coefficient (Wildman–Crippen LogP) is 5.02. The van der Waals surface area contributed by atoms with E-state index in [1.807, 2.05) is 0 Å². The van der Waals surface area contributed by atoms with Gasteiger partial charge in [0.05, 0.1) is 32.7 Å². The zero-order valence-electron chi connectivity index (χ0n) is 21.1. The van der Waals surface area contributed by atoms with Crippen LogP contribution in [0.25, 0.3) is 21.8 Å². The molecule has 1 aromatic carbocycles. The maximum atomic E-state index is 15.7. The van der Waals surface area contributed by atoms with Gasteiger partial charge >= 0.3 is 0 Å². The first-order chi connectivity index (χ1) is 17.1. The van der Waals surface area contributed by atoms with Crippen molar-refractivity contribution in [3.05, 3.63) is 41.3 Å². The number of rotatable bonds is 8. The van der Waals surface area contributed by atoms with Crippen molar-refractivity contribution in [1.29, 1.82) is 0 Å². The van der Waals surface area contributed by atoms with E-state index in [1.54, 1.807) is 31.3 Å². The molecule has 1 aliphatic rings. The molecule has 194 valence electrons. The van der Waals surface area contributed by atoms with Crippen LogP contribution in [0.2, 0.25) is 0 Å². The Morgan fingerprint density at radius 1 is 1.17 bits per heavy atom. The van der Waals surface area contributed by atoms with E-state index in [4.69, 9.17) is 9.97 Å². The fraction of sp³-hybridized carbons (Fsp3) is 0.480. The van der Waals surface area contributed by atoms with Gasteiger partial charge in [-0.25, -0.2) is 27.8 Å². The van der Waals surface area contributed by atoms with Gasteiger partial charge in [0.25, 0.3) is 0 Å². The fourth-order valence-electron chi connectivity index (χ4n) is 3.98. The topological polar surface area (TPSA) is 109 Å². The Hall–Kier alpha value is -2.63. The summed E-state index contributed by atoms with van der Waals surface area (Å²) >= 11 is 1.46. The first kappa shape index (κ1) is 26.4. The number of thiazole rings is 1. The van der Waals surface area contributed by atoms with Crippen molar-refractivity contribution < 1.29 is 12.8 Å². The molecule has 0 aliphatic carbocycles. The van der Waals surface area contributed by atoms with Crippen LogP contribution in [0, 0.1) is 5.82 Å². The van der Waals surface area contributed by atoms with Gasteiger partial charge in [-0.1, -0.05) is 33.8 Å². The first-order valence-corrected chi connectivity index (χ1v) is 14.7. The second kappa shape index (κ2) is 10.8. The zero-order chi connectivity index (χ0) is 25.9. The van der Waals surface area contributed by atoms with Crippen molar-refractivity contribution in [3.8, 4) is 21.8 Å². The Balaban J connectivity index is 1.76. The Bertz CT molecular complexity index is 1310. The molecule has 3 aromatic rings. The molecular weight excluding hydrogens is 499 g/mol. The molecule has 3 N–H and O–H groups in total. The van der Waals surface area contributed by atoms with E-state index in [1.165, 1.54) is 17.4 Å². The average Bonchev–Trinajstić information content (AvgIpc) is 3.27. The van der Waals surface area contributed by atoms with Crippen LogP contribution in [0.1, 0.15) is 52.0 Å². The van der Waals surface area contributed by atoms with Crippen LogP contribution in [0.5, 0.6) is 0 Å². The molecule has 1 saturated heterocycles. The maximum absolute atomic E-state index is 15.7. The van der Waals surface area contributed by atoms with E-state index in [0.717, 1.165) is 30.9 Å². The number of benzene rings is 1. The Labute approximate surface area is 216 Å². The first-order valence-electron chi connectivity index (χ1n) is 12.2. The number of nitrogens with zero attached hydrogens (tertiary/aromatic N) is 3. The summed E-state index contributed by atoms with van der Waals surface area (Å²) < 4.78 is 42.7. The molecule has 1 fully saturated rings. The lowest BCUT2D eigenvalue weighted by atomic mass is 9.98. The molecule has 11 heteroatoms. The summed E-state index contributed by atoms with van der Waals surface area (Å²) in [5.41, 5.74) is 0.942. The standard InChI is InChI=1S/C25H33FN6O2S2/c1-5-15-36(33,34)32-18-8-6-7-17(20(18)26)21-22(35-23(31-21)25(2,3)4)19-11-14-28-24(30-19)29-16-9-12-27-13-10-16/h6-8,11,14,16,27,32H,5,9-10,12-13,15H2,1-4H3,(H,28,29,30). The normalized spacial score (nSPS) is 15.1. The highest BCUT2D eigenvalue weighted by atomic mass is 32.2. The number of nitrogens with one attached hydrogen (secondary N) is 3. The van der Waals surface area contributed by atoms with Crippen LogP contribution >= 0.6 is 11.3 Å². The van der Waals surface area contributed by atoms with Crippen molar-refractivity contribution in [3.63, 3.8) is 0 Å². The number of halogens is 1. The smallest absolute Gasteiger partial charge is 0.232 e. The summed E-state index contributed by atoms with van der Waals surface area (Å²) in [7, 11) is -3.65. The van der Waals surface area contributed by atoms with Gasteiger partial charge < -0.3 is 10.6 Å². The van der Waals surface area contributed by atoms with Crippen molar-refractivity contribution in [1.82, 2.24) is 20.3 Å². The Morgan fingerprint density at radius 2 is 1.92 bits per heavy atom. The zero-order valence-corrected chi connectivity index (χ0v) is 22.7. The molecule has 0 unspecified atom stereocenters. The second-order valence-electron chi connectivity index (χ2n) is 9.97. The number of hydrogen-bond acceptors (Lipinski definition) is 8. The van der Waals surface area contributed by atoms with Crippen LogP contribution in [0.3, 0.4) is 0 Å². The molecule has 0 amide bonds. The van der Waals surface area contributed by atoms with E-state index >= 15 is 4.39 Å². The lowest BCUT2D eigenvalue weighted by Gasteiger charge is -2.23. The highest BCUT2D eigenvalue weighted by molar-refractivity contribution is 7.92. The quantitative estimate of drug-likeness (QED) is 0.374. The molecule has 0 radical (unpaired) electrons. The van der Waals surface area contributed by atoms with Crippen molar-refractivity contribution in [2.45, 2.75) is 58.4 Å². The van der Waals surface area contributed by atoms with Crippen LogP contribution < -0.4 is 15.4 Å². The molecule has 3 heterocycles. The van der Waals surface area contributed by atoms with E-state index in [9.17, 15) is 8.42 Å². The largest absolute Gasteiger partial charge is 0.351 e. The van der Waals surface area contributed by atoms with Crippen molar-refractivity contribution >= 4 is 33.0 Å². The number of sulfonamides is 1. The summed E-state index contributed by atoms with van der Waals surface area (Å²) in [6.45, 7) is 9.81. The van der Waals surface area contributed by atoms with E-state index in [-0.39, 0.29) is 28.5 Å². The minimum absolute atomic E-state index is 0.0828. The summed E-state index contributed by atoms with van der Waals surface area (Å²) in [4.78, 5) is 14.7. The van der Waals surface area contributed by atoms with Gasteiger partial charge in [-0.2, -0.15) is 0 Å². The third kappa shape index (κ3) is 6.19. The Kier molecular flexibility index (Phi) is 7.91.